The number of carbonyl (C=O) groups excluding carboxylic acids is 2. The molecule has 6 rings (SSSR count). The van der Waals surface area contributed by atoms with Crippen LogP contribution in [0, 0.1) is 5.92 Å². The highest BCUT2D eigenvalue weighted by atomic mass is 35.5. The van der Waals surface area contributed by atoms with Crippen LogP contribution >= 0.6 is 11.6 Å². The van der Waals surface area contributed by atoms with Crippen LogP contribution in [0.4, 0.5) is 10.6 Å². The summed E-state index contributed by atoms with van der Waals surface area (Å²) in [5.74, 6) is -0.195. The maximum absolute atomic E-state index is 12.6. The van der Waals surface area contributed by atoms with Crippen LogP contribution in [-0.4, -0.2) is 69.8 Å². The summed E-state index contributed by atoms with van der Waals surface area (Å²) in [6.45, 7) is 4.78. The van der Waals surface area contributed by atoms with Crippen molar-refractivity contribution in [2.75, 3.05) is 25.1 Å². The number of hydrogen-bond acceptors (Lipinski definition) is 9. The monoisotopic (exact) mass is 646 g/mol. The van der Waals surface area contributed by atoms with Crippen molar-refractivity contribution in [3.8, 4) is 0 Å². The van der Waals surface area contributed by atoms with Crippen molar-refractivity contribution >= 4 is 46.7 Å². The number of nitrogens with zero attached hydrogens (tertiary/aromatic N) is 4. The molecule has 13 heteroatoms. The van der Waals surface area contributed by atoms with Gasteiger partial charge in [-0.25, -0.2) is 24.5 Å². The Balaban J connectivity index is 1.24. The number of aromatic nitrogens is 4. The van der Waals surface area contributed by atoms with Gasteiger partial charge in [0.25, 0.3) is 0 Å². The second kappa shape index (κ2) is 14.4. The van der Waals surface area contributed by atoms with Gasteiger partial charge in [0.2, 0.25) is 0 Å². The molecule has 1 aliphatic carbocycles. The van der Waals surface area contributed by atoms with Crippen molar-refractivity contribution < 1.29 is 28.5 Å². The van der Waals surface area contributed by atoms with Crippen molar-refractivity contribution in [2.45, 2.75) is 51.4 Å². The fourth-order valence-corrected chi connectivity index (χ4v) is 6.19. The number of ether oxygens (including phenoxy) is 4. The molecule has 1 saturated carbocycles. The summed E-state index contributed by atoms with van der Waals surface area (Å²) >= 11 is 6.48. The number of anilines is 1. The third-order valence-corrected chi connectivity index (χ3v) is 8.37. The van der Waals surface area contributed by atoms with Crippen molar-refractivity contribution in [3.05, 3.63) is 89.0 Å². The highest BCUT2D eigenvalue weighted by Gasteiger charge is 2.52. The number of urea groups is 1. The Morgan fingerprint density at radius 3 is 2.70 bits per heavy atom. The topological polar surface area (TPSA) is 139 Å². The van der Waals surface area contributed by atoms with E-state index in [0.717, 1.165) is 5.56 Å². The molecule has 2 N–H and O–H groups in total. The van der Waals surface area contributed by atoms with Crippen LogP contribution in [0.3, 0.4) is 0 Å². The molecule has 1 saturated heterocycles. The van der Waals surface area contributed by atoms with Crippen LogP contribution < -0.4 is 10.6 Å². The van der Waals surface area contributed by atoms with E-state index in [1.54, 1.807) is 31.5 Å². The summed E-state index contributed by atoms with van der Waals surface area (Å²) in [4.78, 5) is 38.1. The lowest BCUT2D eigenvalue weighted by molar-refractivity contribution is -0.0586. The minimum atomic E-state index is -0.570. The predicted molar refractivity (Wildman–Crippen MR) is 171 cm³/mol. The van der Waals surface area contributed by atoms with E-state index in [1.165, 1.54) is 6.33 Å². The Morgan fingerprint density at radius 1 is 1.07 bits per heavy atom. The molecule has 240 valence electrons. The molecule has 4 unspecified atom stereocenters. The van der Waals surface area contributed by atoms with Gasteiger partial charge in [-0.2, -0.15) is 0 Å². The number of amides is 2. The van der Waals surface area contributed by atoms with Crippen molar-refractivity contribution in [1.82, 2.24) is 24.8 Å². The van der Waals surface area contributed by atoms with Gasteiger partial charge < -0.3 is 28.8 Å². The lowest BCUT2D eigenvalue weighted by atomic mass is 10.1. The predicted octanol–water partition coefficient (Wildman–Crippen LogP) is 5.40. The zero-order chi connectivity index (χ0) is 32.0. The standard InChI is InChI=1S/C33H35ClN6O6/c1-3-35-33(42)39-30-27-31(37-18-36-30)40(19-38-27)25-15-21(16-43-17-23-22(32(41)44-4-2)11-8-12-24(23)34)28-29(25)46-26(45-28)14-13-20-9-6-5-7-10-20/h5-14,18-19,21,25-26,28-29H,3-4,15-17H2,1-2H3,(H2,35,36,37,39,42)/b14-13+/t21?,25?,26-,28?,29?/m0/s1. The van der Waals surface area contributed by atoms with Crippen LogP contribution in [0.5, 0.6) is 0 Å². The Bertz CT molecular complexity index is 1720. The third kappa shape index (κ3) is 6.75. The van der Waals surface area contributed by atoms with Gasteiger partial charge >= 0.3 is 12.0 Å². The summed E-state index contributed by atoms with van der Waals surface area (Å²) in [6.07, 6.45) is 6.42. The second-order valence-corrected chi connectivity index (χ2v) is 11.3. The first kappa shape index (κ1) is 31.6. The fraction of sp³-hybridized carbons (Fsp3) is 0.364. The molecule has 0 spiro atoms. The maximum Gasteiger partial charge on any atom is 0.338 e. The van der Waals surface area contributed by atoms with Crippen LogP contribution in [0.2, 0.25) is 5.02 Å². The third-order valence-electron chi connectivity index (χ3n) is 8.02. The molecule has 5 atom stereocenters. The van der Waals surface area contributed by atoms with Gasteiger partial charge in [0.05, 0.1) is 43.9 Å². The first-order valence-electron chi connectivity index (χ1n) is 15.3. The van der Waals surface area contributed by atoms with Gasteiger partial charge in [-0.05, 0) is 44.0 Å². The molecular weight excluding hydrogens is 612 g/mol. The van der Waals surface area contributed by atoms with Crippen molar-refractivity contribution in [3.63, 3.8) is 0 Å². The van der Waals surface area contributed by atoms with Gasteiger partial charge in [0.1, 0.15) is 12.4 Å². The zero-order valence-corrected chi connectivity index (χ0v) is 26.2. The Hall–Kier alpha value is -4.36. The molecular formula is C33H35ClN6O6. The summed E-state index contributed by atoms with van der Waals surface area (Å²) < 4.78 is 26.3. The second-order valence-electron chi connectivity index (χ2n) is 10.9. The molecule has 2 aliphatic rings. The molecule has 4 aromatic rings. The molecule has 0 radical (unpaired) electrons. The molecule has 0 bridgehead atoms. The minimum absolute atomic E-state index is 0.0640. The van der Waals surface area contributed by atoms with Crippen LogP contribution in [0.25, 0.3) is 17.2 Å². The summed E-state index contributed by atoms with van der Waals surface area (Å²) in [7, 11) is 0. The molecule has 2 amide bonds. The van der Waals surface area contributed by atoms with E-state index in [2.05, 4.69) is 25.6 Å². The molecule has 2 aromatic heterocycles. The molecule has 1 aliphatic heterocycles. The number of carbonyl (C=O) groups is 2. The summed E-state index contributed by atoms with van der Waals surface area (Å²) in [5.41, 5.74) is 3.02. The largest absolute Gasteiger partial charge is 0.462 e. The Morgan fingerprint density at radius 2 is 1.89 bits per heavy atom. The Labute approximate surface area is 271 Å². The molecule has 2 fully saturated rings. The molecule has 2 aromatic carbocycles. The first-order valence-corrected chi connectivity index (χ1v) is 15.6. The Kier molecular flexibility index (Phi) is 9.88. The van der Waals surface area contributed by atoms with E-state index in [1.807, 2.05) is 54.0 Å². The summed E-state index contributed by atoms with van der Waals surface area (Å²) in [5, 5.41) is 5.88. The lowest BCUT2D eigenvalue weighted by Crippen LogP contribution is -2.29. The number of esters is 1. The van der Waals surface area contributed by atoms with Crippen LogP contribution in [-0.2, 0) is 25.6 Å². The van der Waals surface area contributed by atoms with E-state index in [0.29, 0.717) is 52.7 Å². The van der Waals surface area contributed by atoms with Crippen LogP contribution in [0.15, 0.2) is 67.3 Å². The van der Waals surface area contributed by atoms with Gasteiger partial charge in [0, 0.05) is 23.0 Å². The van der Waals surface area contributed by atoms with Gasteiger partial charge in [0.15, 0.2) is 23.3 Å². The zero-order valence-electron chi connectivity index (χ0n) is 25.5. The summed E-state index contributed by atoms with van der Waals surface area (Å²) in [6, 6.07) is 14.5. The lowest BCUT2D eigenvalue weighted by Gasteiger charge is -2.20. The normalized spacial score (nSPS) is 22.3. The number of imidazole rings is 1. The molecule has 46 heavy (non-hydrogen) atoms. The van der Waals surface area contributed by atoms with E-state index in [-0.39, 0.29) is 43.4 Å². The number of hydrogen-bond donors (Lipinski definition) is 2. The van der Waals surface area contributed by atoms with E-state index < -0.39 is 12.3 Å². The number of rotatable bonds is 11. The van der Waals surface area contributed by atoms with Gasteiger partial charge in [-0.1, -0.05) is 54.1 Å². The minimum Gasteiger partial charge on any atom is -0.462 e. The highest BCUT2D eigenvalue weighted by Crippen LogP contribution is 2.45. The highest BCUT2D eigenvalue weighted by molar-refractivity contribution is 6.31. The van der Waals surface area contributed by atoms with E-state index >= 15 is 0 Å². The van der Waals surface area contributed by atoms with Gasteiger partial charge in [-0.3, -0.25) is 5.32 Å². The average molecular weight is 647 g/mol. The maximum atomic E-state index is 12.6. The number of fused-ring (bicyclic) bond motifs is 2. The van der Waals surface area contributed by atoms with Crippen LogP contribution in [0.1, 0.15) is 47.8 Å². The van der Waals surface area contributed by atoms with Crippen molar-refractivity contribution in [1.29, 1.82) is 0 Å². The number of nitrogens with one attached hydrogen (secondary N) is 2. The average Bonchev–Trinajstić information content (AvgIpc) is 3.76. The quantitative estimate of drug-likeness (QED) is 0.205. The number of halogens is 1. The van der Waals surface area contributed by atoms with E-state index in [4.69, 9.17) is 30.5 Å². The molecule has 3 heterocycles. The van der Waals surface area contributed by atoms with Gasteiger partial charge in [-0.15, -0.1) is 0 Å². The van der Waals surface area contributed by atoms with Crippen molar-refractivity contribution in [2.24, 2.45) is 5.92 Å². The SMILES string of the molecule is CCNC(=O)Nc1ncnc2c1ncn2C1CC(COCc2c(Cl)cccc2C(=O)OCC)C2O[C@H](/C=C/c3ccccc3)OC21. The smallest absolute Gasteiger partial charge is 0.338 e. The number of benzene rings is 2. The van der Waals surface area contributed by atoms with E-state index in [9.17, 15) is 9.59 Å². The first-order chi connectivity index (χ1) is 22.5. The fourth-order valence-electron chi connectivity index (χ4n) is 5.96. The molecule has 12 nitrogen and oxygen atoms in total.